The number of aliphatic hydroxyl groups excluding tert-OH is 2. The molecule has 0 aromatic heterocycles. The van der Waals surface area contributed by atoms with Gasteiger partial charge in [0.1, 0.15) is 5.78 Å². The lowest BCUT2D eigenvalue weighted by molar-refractivity contribution is -0.157. The number of Topliss-reactive ketones (excluding diaryl/α,β-unsaturated/α-hetero) is 1. The highest BCUT2D eigenvalue weighted by Gasteiger charge is 2.61. The van der Waals surface area contributed by atoms with Crippen LogP contribution in [0, 0.1) is 11.8 Å². The highest BCUT2D eigenvalue weighted by molar-refractivity contribution is 5.83. The molecule has 5 rings (SSSR count). The summed E-state index contributed by atoms with van der Waals surface area (Å²) in [5, 5.41) is 27.7. The quantitative estimate of drug-likeness (QED) is 0.502. The second-order valence-corrected chi connectivity index (χ2v) is 9.66. The number of fused-ring (bicyclic) bond motifs is 2. The third kappa shape index (κ3) is 3.07. The summed E-state index contributed by atoms with van der Waals surface area (Å²) < 4.78 is 11.9. The van der Waals surface area contributed by atoms with Crippen LogP contribution in [-0.4, -0.2) is 71.4 Å². The van der Waals surface area contributed by atoms with Crippen LogP contribution in [0.2, 0.25) is 0 Å². The van der Waals surface area contributed by atoms with Gasteiger partial charge < -0.3 is 30.3 Å². The first-order valence-corrected chi connectivity index (χ1v) is 10.6. The van der Waals surface area contributed by atoms with Crippen LogP contribution in [0.25, 0.3) is 0 Å². The molecule has 4 N–H and O–H groups in total. The van der Waals surface area contributed by atoms with Crippen LogP contribution >= 0.6 is 0 Å². The van der Waals surface area contributed by atoms with E-state index in [0.717, 1.165) is 45.2 Å². The minimum Gasteiger partial charge on any atom is -0.393 e. The van der Waals surface area contributed by atoms with Crippen LogP contribution in [-0.2, 0) is 14.3 Å². The van der Waals surface area contributed by atoms with Gasteiger partial charge in [-0.15, -0.1) is 0 Å². The van der Waals surface area contributed by atoms with Gasteiger partial charge in [-0.3, -0.25) is 4.79 Å². The van der Waals surface area contributed by atoms with Crippen molar-refractivity contribution in [3.63, 3.8) is 0 Å². The zero-order valence-electron chi connectivity index (χ0n) is 15.9. The summed E-state index contributed by atoms with van der Waals surface area (Å²) in [6.07, 6.45) is 5.24. The molecule has 5 fully saturated rings. The molecule has 1 aliphatic heterocycles. The number of hydrogen-bond acceptors (Lipinski definition) is 7. The molecule has 1 heterocycles. The van der Waals surface area contributed by atoms with Crippen molar-refractivity contribution in [2.24, 2.45) is 11.8 Å². The van der Waals surface area contributed by atoms with Gasteiger partial charge in [0.25, 0.3) is 0 Å². The van der Waals surface area contributed by atoms with Crippen LogP contribution in [0.5, 0.6) is 0 Å². The van der Waals surface area contributed by atoms with Gasteiger partial charge in [-0.1, -0.05) is 0 Å². The lowest BCUT2D eigenvalue weighted by Gasteiger charge is -2.34. The van der Waals surface area contributed by atoms with Gasteiger partial charge >= 0.3 is 0 Å². The summed E-state index contributed by atoms with van der Waals surface area (Å²) in [7, 11) is 0. The number of nitrogens with one attached hydrogen (secondary N) is 2. The van der Waals surface area contributed by atoms with Crippen molar-refractivity contribution in [3.05, 3.63) is 0 Å². The predicted octanol–water partition coefficient (Wildman–Crippen LogP) is 0.0848. The van der Waals surface area contributed by atoms with Crippen molar-refractivity contribution < 1.29 is 24.5 Å². The molecule has 7 heteroatoms. The smallest absolute Gasteiger partial charge is 0.170 e. The molecule has 1 saturated heterocycles. The van der Waals surface area contributed by atoms with E-state index >= 15 is 0 Å². The van der Waals surface area contributed by atoms with Crippen LogP contribution < -0.4 is 10.6 Å². The number of ketones is 1. The van der Waals surface area contributed by atoms with Gasteiger partial charge in [0, 0.05) is 49.9 Å². The Morgan fingerprint density at radius 1 is 0.926 bits per heavy atom. The molecule has 7 nitrogen and oxygen atoms in total. The Bertz CT molecular complexity index is 609. The average Bonchev–Trinajstić information content (AvgIpc) is 3.32. The number of carbonyl (C=O) groups is 1. The predicted molar refractivity (Wildman–Crippen MR) is 97.0 cm³/mol. The van der Waals surface area contributed by atoms with Crippen molar-refractivity contribution in [1.82, 2.24) is 10.6 Å². The topological polar surface area (TPSA) is 100 Å². The van der Waals surface area contributed by atoms with Crippen molar-refractivity contribution in [2.45, 2.75) is 80.4 Å². The summed E-state index contributed by atoms with van der Waals surface area (Å²) in [4.78, 5) is 11.9. The third-order valence-corrected chi connectivity index (χ3v) is 7.90. The van der Waals surface area contributed by atoms with E-state index in [1.807, 2.05) is 0 Å². The molecular weight excluding hydrogens is 348 g/mol. The Morgan fingerprint density at radius 3 is 2.30 bits per heavy atom. The first-order chi connectivity index (χ1) is 12.9. The summed E-state index contributed by atoms with van der Waals surface area (Å²) in [5.41, 5.74) is -0.331. The molecule has 0 radical (unpaired) electrons. The van der Waals surface area contributed by atoms with Gasteiger partial charge in [-0.25, -0.2) is 0 Å². The van der Waals surface area contributed by atoms with Crippen LogP contribution in [0.4, 0.5) is 0 Å². The van der Waals surface area contributed by atoms with E-state index in [4.69, 9.17) is 9.47 Å². The molecule has 27 heavy (non-hydrogen) atoms. The second kappa shape index (κ2) is 6.47. The first-order valence-electron chi connectivity index (χ1n) is 10.6. The molecule has 0 bridgehead atoms. The maximum Gasteiger partial charge on any atom is 0.170 e. The van der Waals surface area contributed by atoms with E-state index in [0.29, 0.717) is 44.2 Å². The molecule has 5 aliphatic rings. The van der Waals surface area contributed by atoms with Crippen LogP contribution in [0.1, 0.15) is 51.4 Å². The highest BCUT2D eigenvalue weighted by atomic mass is 16.7. The zero-order chi connectivity index (χ0) is 18.7. The molecule has 4 aliphatic carbocycles. The minimum absolute atomic E-state index is 0.122. The van der Waals surface area contributed by atoms with Crippen LogP contribution in [0.15, 0.2) is 0 Å². The lowest BCUT2D eigenvalue weighted by Crippen LogP contribution is -2.53. The number of hydrogen-bond donors (Lipinski definition) is 4. The summed E-state index contributed by atoms with van der Waals surface area (Å²) >= 11 is 0. The first kappa shape index (κ1) is 18.5. The molecular formula is C20H32N2O5. The van der Waals surface area contributed by atoms with E-state index in [1.165, 1.54) is 0 Å². The van der Waals surface area contributed by atoms with Gasteiger partial charge in [0.15, 0.2) is 5.79 Å². The lowest BCUT2D eigenvalue weighted by atomic mass is 9.89. The van der Waals surface area contributed by atoms with E-state index in [2.05, 4.69) is 10.6 Å². The summed E-state index contributed by atoms with van der Waals surface area (Å²) in [5.74, 6) is 0.507. The number of carbonyl (C=O) groups excluding carboxylic acids is 1. The monoisotopic (exact) mass is 380 g/mol. The normalized spacial score (nSPS) is 47.9. The van der Waals surface area contributed by atoms with Gasteiger partial charge in [-0.05, 0) is 37.5 Å². The maximum atomic E-state index is 11.9. The molecule has 2 unspecified atom stereocenters. The van der Waals surface area contributed by atoms with Crippen molar-refractivity contribution >= 4 is 5.78 Å². The molecule has 4 saturated carbocycles. The molecule has 0 aromatic rings. The van der Waals surface area contributed by atoms with Crippen molar-refractivity contribution in [3.8, 4) is 0 Å². The summed E-state index contributed by atoms with van der Waals surface area (Å²) in [6.45, 7) is 2.86. The largest absolute Gasteiger partial charge is 0.393 e. The van der Waals surface area contributed by atoms with Crippen LogP contribution in [0.3, 0.4) is 0 Å². The second-order valence-electron chi connectivity index (χ2n) is 9.66. The fraction of sp³-hybridized carbons (Fsp3) is 0.950. The number of aliphatic hydroxyl groups is 2. The Hall–Kier alpha value is -0.570. The summed E-state index contributed by atoms with van der Waals surface area (Å²) in [6, 6.07) is 0. The Morgan fingerprint density at radius 2 is 1.56 bits per heavy atom. The van der Waals surface area contributed by atoms with Gasteiger partial charge in [0.05, 0.1) is 25.4 Å². The molecule has 6 atom stereocenters. The Kier molecular flexibility index (Phi) is 4.42. The zero-order valence-corrected chi connectivity index (χ0v) is 15.9. The minimum atomic E-state index is -0.456. The van der Waals surface area contributed by atoms with Gasteiger partial charge in [0.2, 0.25) is 0 Å². The van der Waals surface area contributed by atoms with E-state index in [-0.39, 0.29) is 29.2 Å². The van der Waals surface area contributed by atoms with Crippen molar-refractivity contribution in [1.29, 1.82) is 0 Å². The van der Waals surface area contributed by atoms with E-state index in [1.54, 1.807) is 0 Å². The SMILES string of the molecule is O=C1C[C@H]2CC(O)C[C@@]2(NCCN[C@]23CC(O)C[C@H]2CC2(C3)OCCO2)C1. The highest BCUT2D eigenvalue weighted by Crippen LogP contribution is 2.54. The fourth-order valence-electron chi connectivity index (χ4n) is 6.96. The fourth-order valence-corrected chi connectivity index (χ4v) is 6.96. The molecule has 0 aromatic carbocycles. The standard InChI is InChI=1S/C20H32N2O5/c23-15-5-13-6-16(24)10-18(13,9-15)21-1-2-22-19-11-17(25)7-14(19)8-20(12-19)26-3-4-27-20/h13-15,17,21-23,25H,1-12H2/t13-,14+,15?,17?,18-,19+/m1/s1. The number of rotatable bonds is 5. The van der Waals surface area contributed by atoms with E-state index in [9.17, 15) is 15.0 Å². The maximum absolute atomic E-state index is 11.9. The Balaban J connectivity index is 1.20. The molecule has 0 amide bonds. The average molecular weight is 380 g/mol. The van der Waals surface area contributed by atoms with Crippen molar-refractivity contribution in [2.75, 3.05) is 26.3 Å². The molecule has 152 valence electrons. The number of ether oxygens (including phenoxy) is 2. The van der Waals surface area contributed by atoms with Gasteiger partial charge in [-0.2, -0.15) is 0 Å². The van der Waals surface area contributed by atoms with E-state index < -0.39 is 5.79 Å². The third-order valence-electron chi connectivity index (χ3n) is 7.90. The molecule has 1 spiro atoms. The Labute approximate surface area is 160 Å².